The van der Waals surface area contributed by atoms with Crippen LogP contribution in [0.5, 0.6) is 5.75 Å². The third-order valence-corrected chi connectivity index (χ3v) is 4.96. The van der Waals surface area contributed by atoms with Gasteiger partial charge in [-0.05, 0) is 71.4 Å². The van der Waals surface area contributed by atoms with Gasteiger partial charge in [0.25, 0.3) is 5.91 Å². The van der Waals surface area contributed by atoms with E-state index in [1.165, 1.54) is 11.1 Å². The van der Waals surface area contributed by atoms with Crippen LogP contribution in [0.25, 0.3) is 11.3 Å². The van der Waals surface area contributed by atoms with E-state index in [9.17, 15) is 4.79 Å². The summed E-state index contributed by atoms with van der Waals surface area (Å²) in [7, 11) is 0. The highest BCUT2D eigenvalue weighted by atomic mass is 16.6. The van der Waals surface area contributed by atoms with Crippen LogP contribution in [0, 0.1) is 0 Å². The Balaban J connectivity index is 1.76. The Kier molecular flexibility index (Phi) is 6.65. The molecule has 152 valence electrons. The van der Waals surface area contributed by atoms with Gasteiger partial charge in [-0.25, -0.2) is 4.63 Å². The molecule has 0 aliphatic carbocycles. The zero-order valence-corrected chi connectivity index (χ0v) is 17.4. The minimum Gasteiger partial charge on any atom is -0.481 e. The third kappa shape index (κ3) is 4.83. The average molecular weight is 393 g/mol. The summed E-state index contributed by atoms with van der Waals surface area (Å²) < 4.78 is 10.7. The SMILES string of the molecule is CCc1ccc(OC(C)C(=O)Nc2nonc2-c2cc(CC)ccc2CC)cc1. The molecule has 1 atom stereocenters. The van der Waals surface area contributed by atoms with Crippen LogP contribution in [0.4, 0.5) is 5.82 Å². The van der Waals surface area contributed by atoms with E-state index in [1.807, 2.05) is 24.3 Å². The minimum atomic E-state index is -0.695. The summed E-state index contributed by atoms with van der Waals surface area (Å²) in [5.74, 6) is 0.633. The molecular formula is C23H27N3O3. The smallest absolute Gasteiger partial charge is 0.266 e. The van der Waals surface area contributed by atoms with Crippen molar-refractivity contribution in [1.82, 2.24) is 10.3 Å². The van der Waals surface area contributed by atoms with Crippen molar-refractivity contribution in [1.29, 1.82) is 0 Å². The molecule has 1 N–H and O–H groups in total. The van der Waals surface area contributed by atoms with Gasteiger partial charge in [-0.1, -0.05) is 45.0 Å². The number of aromatic nitrogens is 2. The number of nitrogens with zero attached hydrogens (tertiary/aromatic N) is 2. The van der Waals surface area contributed by atoms with Crippen molar-refractivity contribution in [2.24, 2.45) is 0 Å². The first kappa shape index (κ1) is 20.6. The Hall–Kier alpha value is -3.15. The Labute approximate surface area is 171 Å². The van der Waals surface area contributed by atoms with E-state index in [0.717, 1.165) is 30.4 Å². The van der Waals surface area contributed by atoms with E-state index in [4.69, 9.17) is 9.37 Å². The molecule has 0 saturated heterocycles. The quantitative estimate of drug-likeness (QED) is 0.593. The van der Waals surface area contributed by atoms with Gasteiger partial charge in [0, 0.05) is 5.56 Å². The van der Waals surface area contributed by atoms with Gasteiger partial charge in [0.15, 0.2) is 11.8 Å². The number of aryl methyl sites for hydroxylation is 3. The second-order valence-electron chi connectivity index (χ2n) is 6.91. The second kappa shape index (κ2) is 9.37. The standard InChI is InChI=1S/C23H27N3O3/c1-5-16-9-12-19(13-10-16)28-15(4)23(27)24-22-21(25-29-26-22)20-14-17(6-2)8-11-18(20)7-3/h8-15H,5-7H2,1-4H3,(H,24,26,27). The summed E-state index contributed by atoms with van der Waals surface area (Å²) in [5, 5.41) is 10.7. The molecule has 1 unspecified atom stereocenters. The topological polar surface area (TPSA) is 77.2 Å². The molecule has 0 bridgehead atoms. The molecule has 0 fully saturated rings. The molecule has 0 spiro atoms. The van der Waals surface area contributed by atoms with Crippen molar-refractivity contribution in [2.75, 3.05) is 5.32 Å². The van der Waals surface area contributed by atoms with Crippen LogP contribution in [0.3, 0.4) is 0 Å². The first-order valence-electron chi connectivity index (χ1n) is 10.1. The maximum absolute atomic E-state index is 12.7. The Morgan fingerprint density at radius 3 is 2.34 bits per heavy atom. The molecule has 1 heterocycles. The van der Waals surface area contributed by atoms with Gasteiger partial charge in [-0.2, -0.15) is 0 Å². The van der Waals surface area contributed by atoms with Crippen LogP contribution < -0.4 is 10.1 Å². The molecule has 0 radical (unpaired) electrons. The van der Waals surface area contributed by atoms with Crippen molar-refractivity contribution >= 4 is 11.7 Å². The van der Waals surface area contributed by atoms with Gasteiger partial charge in [0.1, 0.15) is 5.75 Å². The fourth-order valence-electron chi connectivity index (χ4n) is 3.10. The molecular weight excluding hydrogens is 366 g/mol. The lowest BCUT2D eigenvalue weighted by Gasteiger charge is -2.14. The first-order valence-corrected chi connectivity index (χ1v) is 10.1. The number of hydrogen-bond donors (Lipinski definition) is 1. The number of nitrogens with one attached hydrogen (secondary N) is 1. The number of ether oxygens (including phenoxy) is 1. The molecule has 1 aromatic heterocycles. The lowest BCUT2D eigenvalue weighted by atomic mass is 9.98. The highest BCUT2D eigenvalue weighted by molar-refractivity contribution is 5.96. The number of rotatable bonds is 8. The second-order valence-corrected chi connectivity index (χ2v) is 6.91. The molecule has 3 rings (SSSR count). The molecule has 3 aromatic rings. The Morgan fingerprint density at radius 2 is 1.69 bits per heavy atom. The number of benzene rings is 2. The van der Waals surface area contributed by atoms with Crippen LogP contribution in [-0.2, 0) is 24.1 Å². The Morgan fingerprint density at radius 1 is 1.00 bits per heavy atom. The summed E-state index contributed by atoms with van der Waals surface area (Å²) in [4.78, 5) is 12.7. The first-order chi connectivity index (χ1) is 14.0. The van der Waals surface area contributed by atoms with E-state index < -0.39 is 6.10 Å². The predicted octanol–water partition coefficient (Wildman–Crippen LogP) is 4.83. The molecule has 6 heteroatoms. The molecule has 29 heavy (non-hydrogen) atoms. The molecule has 0 aliphatic rings. The largest absolute Gasteiger partial charge is 0.481 e. The van der Waals surface area contributed by atoms with Crippen LogP contribution in [0.15, 0.2) is 47.1 Å². The molecule has 0 aliphatic heterocycles. The highest BCUT2D eigenvalue weighted by Crippen LogP contribution is 2.29. The van der Waals surface area contributed by atoms with Crippen molar-refractivity contribution in [3.05, 3.63) is 59.2 Å². The van der Waals surface area contributed by atoms with Crippen molar-refractivity contribution in [3.8, 4) is 17.0 Å². The van der Waals surface area contributed by atoms with Gasteiger partial charge in [-0.15, -0.1) is 0 Å². The molecule has 1 amide bonds. The zero-order chi connectivity index (χ0) is 20.8. The number of anilines is 1. The van der Waals surface area contributed by atoms with Crippen LogP contribution in [0.1, 0.15) is 44.4 Å². The lowest BCUT2D eigenvalue weighted by Crippen LogP contribution is -2.30. The van der Waals surface area contributed by atoms with Gasteiger partial charge in [0.2, 0.25) is 5.82 Å². The van der Waals surface area contributed by atoms with Gasteiger partial charge in [0.05, 0.1) is 0 Å². The van der Waals surface area contributed by atoms with E-state index in [-0.39, 0.29) is 5.91 Å². The van der Waals surface area contributed by atoms with Gasteiger partial charge >= 0.3 is 0 Å². The normalized spacial score (nSPS) is 11.9. The molecule has 6 nitrogen and oxygen atoms in total. The van der Waals surface area contributed by atoms with Gasteiger partial charge < -0.3 is 10.1 Å². The lowest BCUT2D eigenvalue weighted by molar-refractivity contribution is -0.122. The van der Waals surface area contributed by atoms with Crippen LogP contribution in [0.2, 0.25) is 0 Å². The molecule has 2 aromatic carbocycles. The zero-order valence-electron chi connectivity index (χ0n) is 17.4. The number of hydrogen-bond acceptors (Lipinski definition) is 5. The summed E-state index contributed by atoms with van der Waals surface area (Å²) >= 11 is 0. The van der Waals surface area contributed by atoms with Crippen molar-refractivity contribution < 1.29 is 14.2 Å². The molecule has 0 saturated carbocycles. The fraction of sp³-hybridized carbons (Fsp3) is 0.348. The van der Waals surface area contributed by atoms with Gasteiger partial charge in [-0.3, -0.25) is 4.79 Å². The number of amides is 1. The van der Waals surface area contributed by atoms with Crippen molar-refractivity contribution in [3.63, 3.8) is 0 Å². The number of carbonyl (C=O) groups is 1. The Bertz CT molecular complexity index is 964. The third-order valence-electron chi connectivity index (χ3n) is 4.96. The fourth-order valence-corrected chi connectivity index (χ4v) is 3.10. The minimum absolute atomic E-state index is 0.301. The predicted molar refractivity (Wildman–Crippen MR) is 113 cm³/mol. The summed E-state index contributed by atoms with van der Waals surface area (Å²) in [6.45, 7) is 7.97. The highest BCUT2D eigenvalue weighted by Gasteiger charge is 2.21. The van der Waals surface area contributed by atoms with Crippen LogP contribution >= 0.6 is 0 Å². The summed E-state index contributed by atoms with van der Waals surface area (Å²) in [5.41, 5.74) is 4.98. The summed E-state index contributed by atoms with van der Waals surface area (Å²) in [6, 6.07) is 14.0. The maximum atomic E-state index is 12.7. The monoisotopic (exact) mass is 393 g/mol. The van der Waals surface area contributed by atoms with E-state index in [0.29, 0.717) is 17.3 Å². The van der Waals surface area contributed by atoms with E-state index in [2.05, 4.69) is 54.6 Å². The van der Waals surface area contributed by atoms with E-state index >= 15 is 0 Å². The van der Waals surface area contributed by atoms with Crippen LogP contribution in [-0.4, -0.2) is 22.3 Å². The summed E-state index contributed by atoms with van der Waals surface area (Å²) in [6.07, 6.45) is 2.01. The van der Waals surface area contributed by atoms with E-state index in [1.54, 1.807) is 6.92 Å². The maximum Gasteiger partial charge on any atom is 0.266 e. The average Bonchev–Trinajstić information content (AvgIpc) is 3.21. The van der Waals surface area contributed by atoms with Crippen molar-refractivity contribution in [2.45, 2.75) is 53.1 Å². The number of carbonyl (C=O) groups excluding carboxylic acids is 1.